The van der Waals surface area contributed by atoms with E-state index >= 15 is 0 Å². The number of nitrogens with zero attached hydrogens (tertiary/aromatic N) is 3. The molecule has 0 spiro atoms. The molecule has 1 aliphatic rings. The van der Waals surface area contributed by atoms with Crippen LogP contribution in [0.15, 0.2) is 0 Å². The van der Waals surface area contributed by atoms with Crippen LogP contribution in [0.25, 0.3) is 0 Å². The van der Waals surface area contributed by atoms with Crippen molar-refractivity contribution in [1.82, 2.24) is 14.5 Å². The van der Waals surface area contributed by atoms with Gasteiger partial charge in [-0.3, -0.25) is 4.90 Å². The molecular formula is C9H16N4S2. The van der Waals surface area contributed by atoms with Gasteiger partial charge in [-0.1, -0.05) is 18.3 Å². The van der Waals surface area contributed by atoms with Crippen molar-refractivity contribution in [3.05, 3.63) is 5.69 Å². The van der Waals surface area contributed by atoms with Gasteiger partial charge in [0.15, 0.2) is 0 Å². The molecule has 2 unspecified atom stereocenters. The Bertz CT molecular complexity index is 318. The maximum Gasteiger partial charge on any atom is 0.132 e. The van der Waals surface area contributed by atoms with E-state index in [1.165, 1.54) is 11.5 Å². The van der Waals surface area contributed by atoms with Crippen LogP contribution < -0.4 is 5.73 Å². The lowest BCUT2D eigenvalue weighted by atomic mass is 10.3. The Hall–Kier alpha value is -0.330. The molecule has 1 fully saturated rings. The van der Waals surface area contributed by atoms with Crippen molar-refractivity contribution in [2.24, 2.45) is 0 Å². The fourth-order valence-electron chi connectivity index (χ4n) is 1.95. The Morgan fingerprint density at radius 2 is 2.07 bits per heavy atom. The Kier molecular flexibility index (Phi) is 3.48. The number of hydrogen-bond acceptors (Lipinski definition) is 6. The predicted octanol–water partition coefficient (Wildman–Crippen LogP) is 1.45. The van der Waals surface area contributed by atoms with Gasteiger partial charge in [-0.2, -0.15) is 11.8 Å². The third kappa shape index (κ3) is 2.83. The lowest BCUT2D eigenvalue weighted by Gasteiger charge is -2.34. The molecule has 1 aromatic heterocycles. The van der Waals surface area contributed by atoms with Crippen molar-refractivity contribution in [2.75, 3.05) is 18.8 Å². The van der Waals surface area contributed by atoms with Gasteiger partial charge in [0.2, 0.25) is 0 Å². The van der Waals surface area contributed by atoms with E-state index in [0.717, 1.165) is 30.3 Å². The molecular weight excluding hydrogens is 228 g/mol. The summed E-state index contributed by atoms with van der Waals surface area (Å²) < 4.78 is 3.86. The minimum absolute atomic E-state index is 0.696. The second-order valence-electron chi connectivity index (χ2n) is 4.04. The third-order valence-electron chi connectivity index (χ3n) is 2.45. The summed E-state index contributed by atoms with van der Waals surface area (Å²) in [6.07, 6.45) is 0. The van der Waals surface area contributed by atoms with Gasteiger partial charge in [-0.15, -0.1) is 5.10 Å². The fraction of sp³-hybridized carbons (Fsp3) is 0.778. The van der Waals surface area contributed by atoms with E-state index in [1.54, 1.807) is 0 Å². The maximum absolute atomic E-state index is 5.79. The Labute approximate surface area is 98.4 Å². The van der Waals surface area contributed by atoms with Crippen molar-refractivity contribution in [3.63, 3.8) is 0 Å². The van der Waals surface area contributed by atoms with E-state index in [4.69, 9.17) is 5.73 Å². The molecule has 0 radical (unpaired) electrons. The van der Waals surface area contributed by atoms with Crippen LogP contribution in [0, 0.1) is 0 Å². The quantitative estimate of drug-likeness (QED) is 0.853. The van der Waals surface area contributed by atoms with Gasteiger partial charge in [0.1, 0.15) is 10.7 Å². The molecule has 2 N–H and O–H groups in total. The predicted molar refractivity (Wildman–Crippen MR) is 66.1 cm³/mol. The first-order valence-corrected chi connectivity index (χ1v) is 6.81. The first-order chi connectivity index (χ1) is 7.15. The molecule has 2 heterocycles. The number of nitrogen functional groups attached to an aromatic ring is 1. The molecule has 6 heteroatoms. The van der Waals surface area contributed by atoms with Gasteiger partial charge < -0.3 is 5.73 Å². The van der Waals surface area contributed by atoms with Crippen molar-refractivity contribution in [2.45, 2.75) is 30.9 Å². The summed E-state index contributed by atoms with van der Waals surface area (Å²) in [5, 5.41) is 6.20. The van der Waals surface area contributed by atoms with Crippen LogP contribution >= 0.6 is 23.3 Å². The summed E-state index contributed by atoms with van der Waals surface area (Å²) in [4.78, 5) is 2.42. The molecule has 84 valence electrons. The highest BCUT2D eigenvalue weighted by Crippen LogP contribution is 2.26. The SMILES string of the molecule is CC1CN(Cc2nnsc2N)CC(C)S1. The van der Waals surface area contributed by atoms with Crippen molar-refractivity contribution >= 4 is 28.3 Å². The highest BCUT2D eigenvalue weighted by atomic mass is 32.2. The zero-order valence-corrected chi connectivity index (χ0v) is 10.6. The maximum atomic E-state index is 5.79. The molecule has 2 rings (SSSR count). The summed E-state index contributed by atoms with van der Waals surface area (Å²) >= 11 is 3.33. The van der Waals surface area contributed by atoms with E-state index < -0.39 is 0 Å². The normalized spacial score (nSPS) is 28.1. The van der Waals surface area contributed by atoms with Gasteiger partial charge in [-0.05, 0) is 0 Å². The molecule has 1 saturated heterocycles. The second-order valence-corrected chi connectivity index (χ2v) is 6.70. The van der Waals surface area contributed by atoms with Gasteiger partial charge in [0.05, 0.1) is 0 Å². The fourth-order valence-corrected chi connectivity index (χ4v) is 3.78. The highest BCUT2D eigenvalue weighted by Gasteiger charge is 2.23. The average Bonchev–Trinajstić information content (AvgIpc) is 2.50. The van der Waals surface area contributed by atoms with E-state index in [0.29, 0.717) is 10.5 Å². The molecule has 1 aromatic rings. The molecule has 0 amide bonds. The van der Waals surface area contributed by atoms with Crippen LogP contribution in [0.3, 0.4) is 0 Å². The number of thioether (sulfide) groups is 1. The van der Waals surface area contributed by atoms with Crippen LogP contribution in [0.4, 0.5) is 5.00 Å². The topological polar surface area (TPSA) is 55.0 Å². The van der Waals surface area contributed by atoms with Crippen LogP contribution in [0.2, 0.25) is 0 Å². The number of nitrogens with two attached hydrogens (primary N) is 1. The third-order valence-corrected chi connectivity index (χ3v) is 4.28. The summed E-state index contributed by atoms with van der Waals surface area (Å²) in [5.74, 6) is 0. The van der Waals surface area contributed by atoms with Crippen molar-refractivity contribution in [1.29, 1.82) is 0 Å². The number of hydrogen-bond donors (Lipinski definition) is 1. The summed E-state index contributed by atoms with van der Waals surface area (Å²) in [7, 11) is 0. The zero-order valence-electron chi connectivity index (χ0n) is 9.01. The Morgan fingerprint density at radius 3 is 2.60 bits per heavy atom. The molecule has 0 saturated carbocycles. The van der Waals surface area contributed by atoms with Crippen molar-refractivity contribution in [3.8, 4) is 0 Å². The van der Waals surface area contributed by atoms with Crippen LogP contribution in [0.1, 0.15) is 19.5 Å². The first-order valence-electron chi connectivity index (χ1n) is 5.09. The number of aromatic nitrogens is 2. The monoisotopic (exact) mass is 244 g/mol. The summed E-state index contributed by atoms with van der Waals surface area (Å²) in [6.45, 7) is 7.63. The summed E-state index contributed by atoms with van der Waals surface area (Å²) in [6, 6.07) is 0. The average molecular weight is 244 g/mol. The number of rotatable bonds is 2. The molecule has 1 aliphatic heterocycles. The van der Waals surface area contributed by atoms with Crippen molar-refractivity contribution < 1.29 is 0 Å². The summed E-state index contributed by atoms with van der Waals surface area (Å²) in [5.41, 5.74) is 6.73. The van der Waals surface area contributed by atoms with E-state index in [2.05, 4.69) is 40.1 Å². The van der Waals surface area contributed by atoms with Gasteiger partial charge >= 0.3 is 0 Å². The minimum Gasteiger partial charge on any atom is -0.388 e. The zero-order chi connectivity index (χ0) is 10.8. The minimum atomic E-state index is 0.696. The lowest BCUT2D eigenvalue weighted by molar-refractivity contribution is 0.260. The van der Waals surface area contributed by atoms with E-state index in [9.17, 15) is 0 Å². The molecule has 4 nitrogen and oxygen atoms in total. The molecule has 0 bridgehead atoms. The Balaban J connectivity index is 1.97. The van der Waals surface area contributed by atoms with Crippen LogP contribution in [0.5, 0.6) is 0 Å². The van der Waals surface area contributed by atoms with Crippen LogP contribution in [-0.4, -0.2) is 38.1 Å². The van der Waals surface area contributed by atoms with Gasteiger partial charge in [-0.25, -0.2) is 0 Å². The molecule has 2 atom stereocenters. The van der Waals surface area contributed by atoms with Crippen LogP contribution in [-0.2, 0) is 6.54 Å². The largest absolute Gasteiger partial charge is 0.388 e. The first kappa shape index (κ1) is 11.2. The smallest absolute Gasteiger partial charge is 0.132 e. The Morgan fingerprint density at radius 1 is 1.40 bits per heavy atom. The standard InChI is InChI=1S/C9H16N4S2/c1-6-3-13(4-7(2)14-6)5-8-9(10)15-12-11-8/h6-7H,3-5,10H2,1-2H3. The van der Waals surface area contributed by atoms with E-state index in [1.807, 2.05) is 0 Å². The number of anilines is 1. The molecule has 0 aromatic carbocycles. The lowest BCUT2D eigenvalue weighted by Crippen LogP contribution is -2.39. The van der Waals surface area contributed by atoms with Gasteiger partial charge in [0.25, 0.3) is 0 Å². The second kappa shape index (κ2) is 4.67. The molecule has 15 heavy (non-hydrogen) atoms. The van der Waals surface area contributed by atoms with E-state index in [-0.39, 0.29) is 0 Å². The highest BCUT2D eigenvalue weighted by molar-refractivity contribution is 8.00. The molecule has 0 aliphatic carbocycles. The van der Waals surface area contributed by atoms with Gasteiger partial charge in [0, 0.05) is 41.7 Å².